The molecule has 1 aromatic heterocycles. The van der Waals surface area contributed by atoms with Gasteiger partial charge in [0.05, 0.1) is 21.7 Å². The quantitative estimate of drug-likeness (QED) is 0.326. The lowest BCUT2D eigenvalue weighted by molar-refractivity contribution is -0.119. The number of esters is 1. The first-order chi connectivity index (χ1) is 19.8. The maximum atomic E-state index is 13.5. The van der Waals surface area contributed by atoms with Crippen LogP contribution in [-0.2, 0) is 26.0 Å². The molecule has 0 bridgehead atoms. The first kappa shape index (κ1) is 26.5. The van der Waals surface area contributed by atoms with Crippen LogP contribution in [0.25, 0.3) is 22.6 Å². The molecule has 0 spiro atoms. The Morgan fingerprint density at radius 3 is 2.59 bits per heavy atom. The van der Waals surface area contributed by atoms with E-state index in [4.69, 9.17) is 24.3 Å². The van der Waals surface area contributed by atoms with Crippen LogP contribution in [0.1, 0.15) is 40.0 Å². The van der Waals surface area contributed by atoms with Crippen LogP contribution in [0.5, 0.6) is 11.5 Å². The molecule has 0 unspecified atom stereocenters. The Labute approximate surface area is 235 Å². The number of nitrogens with two attached hydrogens (primary N) is 1. The maximum absolute atomic E-state index is 13.5. The van der Waals surface area contributed by atoms with Crippen molar-refractivity contribution in [3.8, 4) is 11.5 Å². The zero-order chi connectivity index (χ0) is 28.6. The number of hydrogen-bond acceptors (Lipinski definition) is 8. The molecule has 0 atom stereocenters. The molecule has 0 saturated heterocycles. The van der Waals surface area contributed by atoms with Crippen molar-refractivity contribution < 1.29 is 32.2 Å². The number of carbonyl (C=O) groups is 2. The Hall–Kier alpha value is -4.74. The third-order valence-electron chi connectivity index (χ3n) is 6.91. The molecule has 0 fully saturated rings. The van der Waals surface area contributed by atoms with Crippen molar-refractivity contribution in [3.05, 3.63) is 89.1 Å². The van der Waals surface area contributed by atoms with Gasteiger partial charge < -0.3 is 19.5 Å². The summed E-state index contributed by atoms with van der Waals surface area (Å²) in [6, 6.07) is 18.5. The molecule has 208 valence electrons. The molecule has 1 aliphatic heterocycles. The van der Waals surface area contributed by atoms with Crippen LogP contribution in [0.3, 0.4) is 0 Å². The Morgan fingerprint density at radius 1 is 1.00 bits per heavy atom. The van der Waals surface area contributed by atoms with Gasteiger partial charge in [-0.3, -0.25) is 4.79 Å². The molecular weight excluding hydrogens is 546 g/mol. The molecule has 0 saturated carbocycles. The Balaban J connectivity index is 1.26. The third kappa shape index (κ3) is 5.49. The average Bonchev–Trinajstić information content (AvgIpc) is 3.43. The largest absolute Gasteiger partial charge is 0.454 e. The number of nitrogens with zero attached hydrogens (tertiary/aromatic N) is 1. The van der Waals surface area contributed by atoms with Crippen LogP contribution in [0.4, 0.5) is 5.69 Å². The molecule has 11 heteroatoms. The van der Waals surface area contributed by atoms with E-state index >= 15 is 0 Å². The van der Waals surface area contributed by atoms with Crippen molar-refractivity contribution in [2.45, 2.75) is 24.2 Å². The fraction of sp³-hybridized carbons (Fsp3) is 0.167. The van der Waals surface area contributed by atoms with E-state index in [0.717, 1.165) is 35.2 Å². The van der Waals surface area contributed by atoms with Gasteiger partial charge in [0.15, 0.2) is 18.1 Å². The van der Waals surface area contributed by atoms with Gasteiger partial charge in [0.1, 0.15) is 0 Å². The SMILES string of the molecule is NS(=O)(=O)c1ccc(NC(=O)COC(=O)c2c3c(nc4ccccc24)/C(=C/c2ccc4c(c2)OCO4)CCC3)cc1. The number of ether oxygens (including phenoxy) is 3. The number of nitrogens with one attached hydrogen (secondary N) is 1. The molecule has 2 heterocycles. The highest BCUT2D eigenvalue weighted by Crippen LogP contribution is 2.38. The second kappa shape index (κ2) is 10.7. The zero-order valence-corrected chi connectivity index (χ0v) is 22.6. The number of allylic oxidation sites excluding steroid dienone is 1. The second-order valence-corrected chi connectivity index (χ2v) is 11.2. The fourth-order valence-corrected chi connectivity index (χ4v) is 5.56. The molecular formula is C30H25N3O7S. The van der Waals surface area contributed by atoms with E-state index in [1.165, 1.54) is 24.3 Å². The summed E-state index contributed by atoms with van der Waals surface area (Å²) in [6.45, 7) is -0.332. The number of amides is 1. The predicted molar refractivity (Wildman–Crippen MR) is 152 cm³/mol. The second-order valence-electron chi connectivity index (χ2n) is 9.66. The van der Waals surface area contributed by atoms with Crippen LogP contribution in [0.15, 0.2) is 71.6 Å². The van der Waals surface area contributed by atoms with Gasteiger partial charge in [0.25, 0.3) is 5.91 Å². The van der Waals surface area contributed by atoms with E-state index in [0.29, 0.717) is 40.1 Å². The summed E-state index contributed by atoms with van der Waals surface area (Å²) < 4.78 is 39.3. The van der Waals surface area contributed by atoms with Gasteiger partial charge in [-0.25, -0.2) is 23.3 Å². The van der Waals surface area contributed by atoms with Crippen molar-refractivity contribution in [3.63, 3.8) is 0 Å². The minimum atomic E-state index is -3.85. The van der Waals surface area contributed by atoms with Gasteiger partial charge in [0, 0.05) is 11.1 Å². The summed E-state index contributed by atoms with van der Waals surface area (Å²) >= 11 is 0. The van der Waals surface area contributed by atoms with Crippen molar-refractivity contribution in [2.75, 3.05) is 18.7 Å². The van der Waals surface area contributed by atoms with E-state index < -0.39 is 28.5 Å². The summed E-state index contributed by atoms with van der Waals surface area (Å²) in [7, 11) is -3.85. The van der Waals surface area contributed by atoms with Gasteiger partial charge in [-0.15, -0.1) is 0 Å². The molecule has 4 aromatic rings. The summed E-state index contributed by atoms with van der Waals surface area (Å²) in [6.07, 6.45) is 4.29. The van der Waals surface area contributed by atoms with E-state index in [1.54, 1.807) is 0 Å². The third-order valence-corrected chi connectivity index (χ3v) is 7.84. The molecule has 2 aliphatic rings. The van der Waals surface area contributed by atoms with Crippen LogP contribution >= 0.6 is 0 Å². The molecule has 10 nitrogen and oxygen atoms in total. The first-order valence-electron chi connectivity index (χ1n) is 12.9. The normalized spacial score (nSPS) is 15.0. The Kier molecular flexibility index (Phi) is 6.90. The predicted octanol–water partition coefficient (Wildman–Crippen LogP) is 4.28. The van der Waals surface area contributed by atoms with Crippen molar-refractivity contribution in [2.24, 2.45) is 5.14 Å². The summed E-state index contributed by atoms with van der Waals surface area (Å²) in [5, 5.41) is 8.35. The van der Waals surface area contributed by atoms with Crippen molar-refractivity contribution in [1.29, 1.82) is 0 Å². The lowest BCUT2D eigenvalue weighted by atomic mass is 9.86. The summed E-state index contributed by atoms with van der Waals surface area (Å²) in [5.74, 6) is 0.195. The number of sulfonamides is 1. The number of fused-ring (bicyclic) bond motifs is 3. The highest BCUT2D eigenvalue weighted by molar-refractivity contribution is 7.89. The van der Waals surface area contributed by atoms with Gasteiger partial charge in [-0.05, 0) is 84.5 Å². The molecule has 3 aromatic carbocycles. The molecule has 6 rings (SSSR count). The molecule has 3 N–H and O–H groups in total. The average molecular weight is 572 g/mol. The number of rotatable bonds is 6. The van der Waals surface area contributed by atoms with E-state index in [9.17, 15) is 18.0 Å². The lowest BCUT2D eigenvalue weighted by Gasteiger charge is -2.22. The highest BCUT2D eigenvalue weighted by Gasteiger charge is 2.26. The smallest absolute Gasteiger partial charge is 0.339 e. The summed E-state index contributed by atoms with van der Waals surface area (Å²) in [5.41, 5.74) is 4.83. The van der Waals surface area contributed by atoms with Gasteiger partial charge in [0.2, 0.25) is 16.8 Å². The minimum absolute atomic E-state index is 0.0804. The zero-order valence-electron chi connectivity index (χ0n) is 21.8. The first-order valence-corrected chi connectivity index (χ1v) is 14.4. The van der Waals surface area contributed by atoms with E-state index in [2.05, 4.69) is 5.32 Å². The number of pyridine rings is 1. The van der Waals surface area contributed by atoms with E-state index in [1.807, 2.05) is 48.5 Å². The number of para-hydroxylation sites is 1. The van der Waals surface area contributed by atoms with Crippen LogP contribution < -0.4 is 19.9 Å². The lowest BCUT2D eigenvalue weighted by Crippen LogP contribution is -2.22. The number of hydrogen-bond donors (Lipinski definition) is 2. The molecule has 0 radical (unpaired) electrons. The number of anilines is 1. The number of benzene rings is 3. The van der Waals surface area contributed by atoms with E-state index in [-0.39, 0.29) is 11.7 Å². The van der Waals surface area contributed by atoms with Crippen LogP contribution in [0, 0.1) is 0 Å². The maximum Gasteiger partial charge on any atom is 0.339 e. The molecule has 41 heavy (non-hydrogen) atoms. The minimum Gasteiger partial charge on any atom is -0.454 e. The van der Waals surface area contributed by atoms with Crippen molar-refractivity contribution in [1.82, 2.24) is 4.98 Å². The topological polar surface area (TPSA) is 147 Å². The van der Waals surface area contributed by atoms with Gasteiger partial charge in [-0.2, -0.15) is 0 Å². The Morgan fingerprint density at radius 2 is 1.78 bits per heavy atom. The molecule has 1 amide bonds. The standard InChI is InChI=1S/C30H25N3O7S/c31-41(36,37)21-11-9-20(10-12-21)32-27(34)16-38-30(35)28-22-5-1-2-7-24(22)33-29-19(4-3-6-23(28)29)14-18-8-13-25-26(15-18)40-17-39-25/h1-2,5,7-15H,3-4,6,16-17H2,(H,32,34)(H2,31,36,37)/b19-14+. The van der Waals surface area contributed by atoms with Gasteiger partial charge >= 0.3 is 5.97 Å². The highest BCUT2D eigenvalue weighted by atomic mass is 32.2. The number of carbonyl (C=O) groups excluding carboxylic acids is 2. The van der Waals surface area contributed by atoms with Gasteiger partial charge in [-0.1, -0.05) is 24.3 Å². The van der Waals surface area contributed by atoms with Crippen molar-refractivity contribution >= 4 is 50.1 Å². The molecule has 1 aliphatic carbocycles. The monoisotopic (exact) mass is 571 g/mol. The number of primary sulfonamides is 1. The van der Waals surface area contributed by atoms with Crippen LogP contribution in [-0.4, -0.2) is 38.7 Å². The Bertz CT molecular complexity index is 1830. The number of aromatic nitrogens is 1. The van der Waals surface area contributed by atoms with Crippen LogP contribution in [0.2, 0.25) is 0 Å². The summed E-state index contributed by atoms with van der Waals surface area (Å²) in [4.78, 5) is 30.9. The fourth-order valence-electron chi connectivity index (χ4n) is 5.04.